The fraction of sp³-hybridized carbons (Fsp3) is 0.345. The Morgan fingerprint density at radius 1 is 1.05 bits per heavy atom. The van der Waals surface area contributed by atoms with Crippen LogP contribution in [0.25, 0.3) is 16.8 Å². The van der Waals surface area contributed by atoms with Crippen molar-refractivity contribution in [1.82, 2.24) is 19.5 Å². The molecule has 0 bridgehead atoms. The van der Waals surface area contributed by atoms with Crippen LogP contribution in [0, 0.1) is 5.82 Å². The maximum absolute atomic E-state index is 15.0. The van der Waals surface area contributed by atoms with E-state index in [1.54, 1.807) is 30.0 Å². The van der Waals surface area contributed by atoms with E-state index >= 15 is 4.39 Å². The third-order valence-corrected chi connectivity index (χ3v) is 6.71. The van der Waals surface area contributed by atoms with Gasteiger partial charge in [-0.25, -0.2) is 18.7 Å². The van der Waals surface area contributed by atoms with Crippen molar-refractivity contribution in [1.29, 1.82) is 0 Å². The van der Waals surface area contributed by atoms with Crippen molar-refractivity contribution in [3.63, 3.8) is 0 Å². The highest BCUT2D eigenvalue weighted by Crippen LogP contribution is 2.31. The van der Waals surface area contributed by atoms with Crippen LogP contribution in [0.3, 0.4) is 0 Å². The fourth-order valence-electron chi connectivity index (χ4n) is 4.55. The van der Waals surface area contributed by atoms with Gasteiger partial charge in [-0.1, -0.05) is 12.1 Å². The molecule has 0 saturated carbocycles. The van der Waals surface area contributed by atoms with Crippen LogP contribution in [0.5, 0.6) is 5.75 Å². The van der Waals surface area contributed by atoms with E-state index in [9.17, 15) is 4.79 Å². The maximum atomic E-state index is 15.0. The molecule has 1 aliphatic rings. The molecule has 0 unspecified atom stereocenters. The van der Waals surface area contributed by atoms with E-state index in [0.29, 0.717) is 36.1 Å². The van der Waals surface area contributed by atoms with Gasteiger partial charge in [-0.2, -0.15) is 0 Å². The number of nitrogens with one attached hydrogen (secondary N) is 1. The molecule has 11 heteroatoms. The monoisotopic (exact) mass is 548 g/mol. The Hall–Kier alpha value is -4.22. The number of fused-ring (bicyclic) bond motifs is 1. The molecule has 5 rings (SSSR count). The molecule has 40 heavy (non-hydrogen) atoms. The second-order valence-corrected chi connectivity index (χ2v) is 9.57. The third-order valence-electron chi connectivity index (χ3n) is 6.71. The van der Waals surface area contributed by atoms with Crippen molar-refractivity contribution in [2.24, 2.45) is 0 Å². The van der Waals surface area contributed by atoms with Crippen molar-refractivity contribution >= 4 is 28.8 Å². The van der Waals surface area contributed by atoms with Gasteiger partial charge in [-0.3, -0.25) is 0 Å². The predicted molar refractivity (Wildman–Crippen MR) is 151 cm³/mol. The van der Waals surface area contributed by atoms with Gasteiger partial charge in [0.05, 0.1) is 29.7 Å². The molecule has 3 heterocycles. The summed E-state index contributed by atoms with van der Waals surface area (Å²) in [6.07, 6.45) is 2.31. The molecule has 2 aromatic heterocycles. The lowest BCUT2D eigenvalue weighted by molar-refractivity contribution is -0.146. The number of hydrogen-bond acceptors (Lipinski definition) is 9. The van der Waals surface area contributed by atoms with Crippen LogP contribution < -0.4 is 15.0 Å². The van der Waals surface area contributed by atoms with Gasteiger partial charge in [0, 0.05) is 57.6 Å². The molecule has 10 nitrogen and oxygen atoms in total. The van der Waals surface area contributed by atoms with Crippen molar-refractivity contribution in [2.45, 2.75) is 6.42 Å². The van der Waals surface area contributed by atoms with Crippen molar-refractivity contribution in [3.8, 4) is 17.0 Å². The van der Waals surface area contributed by atoms with Crippen LogP contribution in [0.1, 0.15) is 6.42 Å². The number of benzene rings is 2. The van der Waals surface area contributed by atoms with E-state index in [1.165, 1.54) is 6.07 Å². The number of para-hydroxylation sites is 1. The number of esters is 1. The minimum atomic E-state index is -0.453. The highest BCUT2D eigenvalue weighted by Gasteiger charge is 2.18. The number of carbonyl (C=O) groups is 1. The number of rotatable bonds is 11. The second kappa shape index (κ2) is 12.8. The Kier molecular flexibility index (Phi) is 8.72. The molecule has 1 fully saturated rings. The topological polar surface area (TPSA) is 93.5 Å². The molecule has 1 N–H and O–H groups in total. The van der Waals surface area contributed by atoms with E-state index in [1.807, 2.05) is 36.4 Å². The molecule has 0 aliphatic carbocycles. The lowest BCUT2D eigenvalue weighted by Gasteiger charge is -2.34. The van der Waals surface area contributed by atoms with Gasteiger partial charge in [-0.15, -0.1) is 5.10 Å². The molecule has 0 radical (unpaired) electrons. The molecule has 210 valence electrons. The first-order chi connectivity index (χ1) is 19.5. The summed E-state index contributed by atoms with van der Waals surface area (Å²) in [5.41, 5.74) is 3.42. The molecule has 2 aromatic carbocycles. The van der Waals surface area contributed by atoms with Crippen LogP contribution in [-0.4, -0.2) is 85.6 Å². The number of anilines is 3. The summed E-state index contributed by atoms with van der Waals surface area (Å²) >= 11 is 0. The number of nitrogens with zero attached hydrogens (tertiary/aromatic N) is 5. The zero-order chi connectivity index (χ0) is 27.9. The molecule has 1 saturated heterocycles. The number of halogens is 1. The summed E-state index contributed by atoms with van der Waals surface area (Å²) in [5.74, 6) is 0.0898. The quantitative estimate of drug-likeness (QED) is 0.221. The van der Waals surface area contributed by atoms with Crippen LogP contribution >= 0.6 is 0 Å². The Morgan fingerprint density at radius 2 is 1.88 bits per heavy atom. The van der Waals surface area contributed by atoms with Crippen LogP contribution in [0.2, 0.25) is 0 Å². The molecule has 0 atom stereocenters. The van der Waals surface area contributed by atoms with Crippen molar-refractivity contribution in [2.75, 3.05) is 70.4 Å². The highest BCUT2D eigenvalue weighted by molar-refractivity contribution is 5.74. The summed E-state index contributed by atoms with van der Waals surface area (Å²) in [6.45, 7) is 3.96. The van der Waals surface area contributed by atoms with Crippen molar-refractivity contribution in [3.05, 3.63) is 66.6 Å². The second-order valence-electron chi connectivity index (χ2n) is 9.57. The number of methoxy groups -OCH3 is 1. The normalized spacial score (nSPS) is 13.9. The largest absolute Gasteiger partial charge is 0.481 e. The summed E-state index contributed by atoms with van der Waals surface area (Å²) < 4.78 is 32.7. The first-order valence-electron chi connectivity index (χ1n) is 13.2. The Labute approximate surface area is 232 Å². The van der Waals surface area contributed by atoms with Crippen LogP contribution in [0.4, 0.5) is 21.7 Å². The van der Waals surface area contributed by atoms with Gasteiger partial charge >= 0.3 is 5.97 Å². The smallest absolute Gasteiger partial charge is 0.344 e. The molecule has 0 spiro atoms. The van der Waals surface area contributed by atoms with E-state index in [2.05, 4.69) is 32.2 Å². The number of aromatic nitrogens is 3. The zero-order valence-corrected chi connectivity index (χ0v) is 22.7. The lowest BCUT2D eigenvalue weighted by Crippen LogP contribution is -2.44. The summed E-state index contributed by atoms with van der Waals surface area (Å²) in [5, 5.41) is 7.76. The fourth-order valence-corrected chi connectivity index (χ4v) is 4.55. The van der Waals surface area contributed by atoms with Gasteiger partial charge in [0.2, 0.25) is 5.95 Å². The Bertz CT molecular complexity index is 1450. The predicted octanol–water partition coefficient (Wildman–Crippen LogP) is 3.99. The van der Waals surface area contributed by atoms with E-state index in [-0.39, 0.29) is 19.0 Å². The average Bonchev–Trinajstić information content (AvgIpc) is 3.38. The third kappa shape index (κ3) is 6.49. The van der Waals surface area contributed by atoms with Gasteiger partial charge in [0.15, 0.2) is 6.61 Å². The Balaban J connectivity index is 1.31. The number of hydrogen-bond donors (Lipinski definition) is 1. The number of carbonyl (C=O) groups excluding carboxylic acids is 1. The number of piperazine rings is 1. The summed E-state index contributed by atoms with van der Waals surface area (Å²) in [6, 6.07) is 16.3. The first-order valence-corrected chi connectivity index (χ1v) is 13.2. The molecular weight excluding hydrogens is 515 g/mol. The van der Waals surface area contributed by atoms with Crippen molar-refractivity contribution < 1.29 is 23.4 Å². The maximum Gasteiger partial charge on any atom is 0.344 e. The number of ether oxygens (including phenoxy) is 3. The average molecular weight is 549 g/mol. The molecular formula is C29H33FN6O4. The minimum Gasteiger partial charge on any atom is -0.481 e. The zero-order valence-electron chi connectivity index (χ0n) is 22.7. The van der Waals surface area contributed by atoms with Gasteiger partial charge < -0.3 is 29.3 Å². The Morgan fingerprint density at radius 3 is 2.67 bits per heavy atom. The first kappa shape index (κ1) is 27.4. The highest BCUT2D eigenvalue weighted by atomic mass is 19.1. The van der Waals surface area contributed by atoms with Crippen LogP contribution in [-0.2, 0) is 14.3 Å². The molecule has 1 aliphatic heterocycles. The lowest BCUT2D eigenvalue weighted by atomic mass is 10.1. The van der Waals surface area contributed by atoms with Gasteiger partial charge in [0.1, 0.15) is 11.6 Å². The van der Waals surface area contributed by atoms with E-state index in [4.69, 9.17) is 14.2 Å². The SMILES string of the molecule is COCCCOC(=O)COc1ccccc1-c1ccc2cnc(Nc3ccc(N4CCN(C)CC4)c(F)c3)nn12. The molecule has 4 aromatic rings. The minimum absolute atomic E-state index is 0.217. The van der Waals surface area contributed by atoms with Crippen LogP contribution in [0.15, 0.2) is 60.8 Å². The standard InChI is InChI=1S/C29H33FN6O4/c1-34-12-14-35(15-13-34)26-10-8-21(18-24(26)30)32-29-31-19-22-9-11-25(36(22)33-29)23-6-3-4-7-27(23)40-20-28(37)39-17-5-16-38-2/h3-4,6-11,18-19H,5,12-17,20H2,1-2H3,(H,32,33). The van der Waals surface area contributed by atoms with E-state index < -0.39 is 5.97 Å². The summed E-state index contributed by atoms with van der Waals surface area (Å²) in [4.78, 5) is 20.8. The summed E-state index contributed by atoms with van der Waals surface area (Å²) in [7, 11) is 3.67. The number of likely N-dealkylation sites (N-methyl/N-ethyl adjacent to an activating group) is 1. The molecule has 0 amide bonds. The van der Waals surface area contributed by atoms with Gasteiger partial charge in [-0.05, 0) is 49.5 Å². The van der Waals surface area contributed by atoms with Gasteiger partial charge in [0.25, 0.3) is 0 Å². The van der Waals surface area contributed by atoms with E-state index in [0.717, 1.165) is 43.0 Å².